The number of hydrogen-bond donors (Lipinski definition) is 0. The van der Waals surface area contributed by atoms with E-state index in [0.717, 1.165) is 12.8 Å². The molecule has 1 atom stereocenters. The summed E-state index contributed by atoms with van der Waals surface area (Å²) in [7, 11) is 2.00. The van der Waals surface area contributed by atoms with Gasteiger partial charge in [-0.05, 0) is 37.3 Å². The number of aromatic nitrogens is 2. The molecule has 2 nitrogen and oxygen atoms in total. The van der Waals surface area contributed by atoms with Crippen LogP contribution in [-0.4, -0.2) is 15.2 Å². The second-order valence-electron chi connectivity index (χ2n) is 4.25. The molecule has 2 rings (SSSR count). The lowest BCUT2D eigenvalue weighted by Gasteiger charge is -2.08. The Labute approximate surface area is 95.9 Å². The fraction of sp³-hybridized carbons (Fsp3) is 0.583. The van der Waals surface area contributed by atoms with Crippen LogP contribution in [0, 0.1) is 6.92 Å². The molecule has 0 N–H and O–H groups in total. The van der Waals surface area contributed by atoms with Crippen LogP contribution in [0.25, 0.3) is 5.57 Å². The molecule has 1 aliphatic carbocycles. The highest BCUT2D eigenvalue weighted by molar-refractivity contribution is 6.22. The van der Waals surface area contributed by atoms with Gasteiger partial charge in [0, 0.05) is 7.05 Å². The van der Waals surface area contributed by atoms with E-state index in [1.54, 1.807) is 0 Å². The Morgan fingerprint density at radius 2 is 2.27 bits per heavy atom. The Morgan fingerprint density at radius 3 is 2.93 bits per heavy atom. The van der Waals surface area contributed by atoms with Crippen molar-refractivity contribution in [3.8, 4) is 0 Å². The summed E-state index contributed by atoms with van der Waals surface area (Å²) < 4.78 is 1.95. The Hall–Kier alpha value is -0.760. The first-order chi connectivity index (χ1) is 7.18. The predicted molar refractivity (Wildman–Crippen MR) is 64.0 cm³/mol. The van der Waals surface area contributed by atoms with E-state index in [1.165, 1.54) is 29.7 Å². The van der Waals surface area contributed by atoms with Gasteiger partial charge in [0.2, 0.25) is 0 Å². The van der Waals surface area contributed by atoms with E-state index in [4.69, 9.17) is 11.6 Å². The second-order valence-corrected chi connectivity index (χ2v) is 4.81. The van der Waals surface area contributed by atoms with Crippen molar-refractivity contribution in [2.45, 2.75) is 38.0 Å². The van der Waals surface area contributed by atoms with Crippen molar-refractivity contribution in [2.24, 2.45) is 7.05 Å². The summed E-state index contributed by atoms with van der Waals surface area (Å²) in [5, 5.41) is 4.47. The zero-order valence-corrected chi connectivity index (χ0v) is 10.1. The van der Waals surface area contributed by atoms with Crippen LogP contribution in [0.1, 0.15) is 36.9 Å². The Balaban J connectivity index is 2.36. The average molecular weight is 225 g/mol. The molecule has 0 aliphatic heterocycles. The molecule has 0 spiro atoms. The minimum Gasteiger partial charge on any atom is -0.268 e. The summed E-state index contributed by atoms with van der Waals surface area (Å²) in [6.45, 7) is 2.11. The van der Waals surface area contributed by atoms with Crippen molar-refractivity contribution < 1.29 is 0 Å². The first-order valence-corrected chi connectivity index (χ1v) is 5.96. The maximum atomic E-state index is 6.23. The van der Waals surface area contributed by atoms with Gasteiger partial charge in [-0.3, -0.25) is 4.68 Å². The van der Waals surface area contributed by atoms with E-state index in [9.17, 15) is 0 Å². The van der Waals surface area contributed by atoms with E-state index in [1.807, 2.05) is 17.9 Å². The highest BCUT2D eigenvalue weighted by atomic mass is 35.5. The van der Waals surface area contributed by atoms with Gasteiger partial charge in [0.25, 0.3) is 0 Å². The Morgan fingerprint density at radius 1 is 1.47 bits per heavy atom. The second kappa shape index (κ2) is 4.40. The number of hydrogen-bond acceptors (Lipinski definition) is 1. The summed E-state index contributed by atoms with van der Waals surface area (Å²) in [5.74, 6) is 0. The van der Waals surface area contributed by atoms with E-state index in [-0.39, 0.29) is 5.38 Å². The van der Waals surface area contributed by atoms with Crippen LogP contribution in [0.5, 0.6) is 0 Å². The molecule has 0 aromatic carbocycles. The molecule has 1 heterocycles. The maximum absolute atomic E-state index is 6.23. The molecule has 15 heavy (non-hydrogen) atoms. The SMILES string of the molecule is Cc1cnn(C)c1C1=CC(Cl)CCCC1. The fourth-order valence-corrected chi connectivity index (χ4v) is 2.55. The van der Waals surface area contributed by atoms with Gasteiger partial charge in [-0.2, -0.15) is 5.10 Å². The van der Waals surface area contributed by atoms with Crippen LogP contribution in [0.15, 0.2) is 12.3 Å². The zero-order chi connectivity index (χ0) is 10.8. The smallest absolute Gasteiger partial charge is 0.0665 e. The molecular weight excluding hydrogens is 208 g/mol. The fourth-order valence-electron chi connectivity index (χ4n) is 2.25. The van der Waals surface area contributed by atoms with Crippen LogP contribution in [0.2, 0.25) is 0 Å². The van der Waals surface area contributed by atoms with Gasteiger partial charge in [-0.25, -0.2) is 0 Å². The molecule has 0 fully saturated rings. The third-order valence-corrected chi connectivity index (χ3v) is 3.33. The molecular formula is C12H17ClN2. The van der Waals surface area contributed by atoms with Gasteiger partial charge in [-0.1, -0.05) is 12.5 Å². The lowest BCUT2D eigenvalue weighted by Crippen LogP contribution is -2.00. The Kier molecular flexibility index (Phi) is 3.15. The van der Waals surface area contributed by atoms with Crippen molar-refractivity contribution in [2.75, 3.05) is 0 Å². The summed E-state index contributed by atoms with van der Waals surface area (Å²) in [6, 6.07) is 0. The third-order valence-electron chi connectivity index (χ3n) is 2.98. The molecule has 0 radical (unpaired) electrons. The van der Waals surface area contributed by atoms with Gasteiger partial charge in [0.15, 0.2) is 0 Å². The summed E-state index contributed by atoms with van der Waals surface area (Å²) >= 11 is 6.23. The largest absolute Gasteiger partial charge is 0.268 e. The van der Waals surface area contributed by atoms with Crippen LogP contribution in [0.3, 0.4) is 0 Å². The number of alkyl halides is 1. The van der Waals surface area contributed by atoms with E-state index in [0.29, 0.717) is 0 Å². The standard InChI is InChI=1S/C12H17ClN2/c1-9-8-14-15(2)12(9)10-5-3-4-6-11(13)7-10/h7-8,11H,3-6H2,1-2H3. The molecule has 0 bridgehead atoms. The molecule has 1 unspecified atom stereocenters. The summed E-state index contributed by atoms with van der Waals surface area (Å²) in [6.07, 6.45) is 8.82. The number of nitrogens with zero attached hydrogens (tertiary/aromatic N) is 2. The minimum atomic E-state index is 0.191. The maximum Gasteiger partial charge on any atom is 0.0665 e. The number of rotatable bonds is 1. The molecule has 1 aromatic rings. The van der Waals surface area contributed by atoms with Crippen LogP contribution < -0.4 is 0 Å². The topological polar surface area (TPSA) is 17.8 Å². The van der Waals surface area contributed by atoms with Crippen LogP contribution >= 0.6 is 11.6 Å². The summed E-state index contributed by atoms with van der Waals surface area (Å²) in [4.78, 5) is 0. The zero-order valence-electron chi connectivity index (χ0n) is 9.33. The minimum absolute atomic E-state index is 0.191. The van der Waals surface area contributed by atoms with E-state index in [2.05, 4.69) is 18.1 Å². The van der Waals surface area contributed by atoms with E-state index < -0.39 is 0 Å². The van der Waals surface area contributed by atoms with Gasteiger partial charge in [0.05, 0.1) is 17.3 Å². The molecule has 82 valence electrons. The highest BCUT2D eigenvalue weighted by Crippen LogP contribution is 2.29. The summed E-state index contributed by atoms with van der Waals surface area (Å²) in [5.41, 5.74) is 3.86. The van der Waals surface area contributed by atoms with Gasteiger partial charge >= 0.3 is 0 Å². The molecule has 0 saturated heterocycles. The van der Waals surface area contributed by atoms with Crippen molar-refractivity contribution >= 4 is 17.2 Å². The Bertz CT molecular complexity index is 359. The lowest BCUT2D eigenvalue weighted by atomic mass is 10.0. The van der Waals surface area contributed by atoms with Crippen molar-refractivity contribution in [3.63, 3.8) is 0 Å². The van der Waals surface area contributed by atoms with Crippen molar-refractivity contribution in [1.29, 1.82) is 0 Å². The number of allylic oxidation sites excluding steroid dienone is 2. The quantitative estimate of drug-likeness (QED) is 0.670. The number of aryl methyl sites for hydroxylation is 2. The van der Waals surface area contributed by atoms with Crippen LogP contribution in [0.4, 0.5) is 0 Å². The van der Waals surface area contributed by atoms with Gasteiger partial charge in [-0.15, -0.1) is 11.6 Å². The first kappa shape index (κ1) is 10.7. The van der Waals surface area contributed by atoms with E-state index >= 15 is 0 Å². The highest BCUT2D eigenvalue weighted by Gasteiger charge is 2.15. The average Bonchev–Trinajstić information content (AvgIpc) is 2.40. The normalized spacial score (nSPS) is 22.3. The third kappa shape index (κ3) is 2.25. The molecule has 1 aromatic heterocycles. The number of halogens is 1. The molecule has 0 saturated carbocycles. The van der Waals surface area contributed by atoms with Crippen molar-refractivity contribution in [3.05, 3.63) is 23.5 Å². The monoisotopic (exact) mass is 224 g/mol. The molecule has 1 aliphatic rings. The molecule has 0 amide bonds. The predicted octanol–water partition coefficient (Wildman–Crippen LogP) is 3.29. The lowest BCUT2D eigenvalue weighted by molar-refractivity contribution is 0.716. The van der Waals surface area contributed by atoms with Gasteiger partial charge in [0.1, 0.15) is 0 Å². The molecule has 3 heteroatoms. The van der Waals surface area contributed by atoms with Crippen LogP contribution in [-0.2, 0) is 7.05 Å². The van der Waals surface area contributed by atoms with Crippen molar-refractivity contribution in [1.82, 2.24) is 9.78 Å². The van der Waals surface area contributed by atoms with Gasteiger partial charge < -0.3 is 0 Å². The first-order valence-electron chi connectivity index (χ1n) is 5.52.